The minimum absolute atomic E-state index is 0.625. The maximum atomic E-state index is 3.49. The Morgan fingerprint density at radius 3 is 2.53 bits per heavy atom. The van der Waals surface area contributed by atoms with E-state index in [2.05, 4.69) is 58.1 Å². The van der Waals surface area contributed by atoms with Crippen LogP contribution >= 0.6 is 0 Å². The molecule has 0 saturated heterocycles. The van der Waals surface area contributed by atoms with Crippen molar-refractivity contribution in [3.8, 4) is 0 Å². The second kappa shape index (κ2) is 6.80. The summed E-state index contributed by atoms with van der Waals surface area (Å²) in [6.45, 7) is 12.3. The van der Waals surface area contributed by atoms with Crippen LogP contribution in [0, 0.1) is 19.8 Å². The Hall–Kier alpha value is -0.820. The molecule has 0 fully saturated rings. The third-order valence-corrected chi connectivity index (χ3v) is 3.38. The summed E-state index contributed by atoms with van der Waals surface area (Å²) in [5.41, 5.74) is 4.32. The molecule has 1 heteroatoms. The van der Waals surface area contributed by atoms with E-state index in [9.17, 15) is 0 Å². The third kappa shape index (κ3) is 4.91. The van der Waals surface area contributed by atoms with Gasteiger partial charge in [-0.05, 0) is 57.2 Å². The Balaban J connectivity index is 2.55. The van der Waals surface area contributed by atoms with Crippen LogP contribution in [-0.2, 0) is 6.42 Å². The molecular weight excluding hydrogens is 206 g/mol. The molecule has 0 aliphatic heterocycles. The minimum Gasteiger partial charge on any atom is -0.315 e. The summed E-state index contributed by atoms with van der Waals surface area (Å²) in [4.78, 5) is 0. The van der Waals surface area contributed by atoms with Crippen molar-refractivity contribution < 1.29 is 0 Å². The summed E-state index contributed by atoms with van der Waals surface area (Å²) in [5, 5.41) is 3.49. The molecule has 0 saturated carbocycles. The zero-order valence-electron chi connectivity index (χ0n) is 12.0. The number of rotatable bonds is 6. The van der Waals surface area contributed by atoms with Crippen LogP contribution in [0.1, 0.15) is 43.9 Å². The first-order chi connectivity index (χ1) is 8.02. The minimum atomic E-state index is 0.625. The maximum absolute atomic E-state index is 3.49. The summed E-state index contributed by atoms with van der Waals surface area (Å²) in [7, 11) is 0. The molecule has 17 heavy (non-hydrogen) atoms. The molecule has 0 heterocycles. The summed E-state index contributed by atoms with van der Waals surface area (Å²) < 4.78 is 0. The Bertz CT molecular complexity index is 343. The van der Waals surface area contributed by atoms with Crippen molar-refractivity contribution in [2.45, 2.75) is 53.5 Å². The van der Waals surface area contributed by atoms with E-state index in [1.165, 1.54) is 29.5 Å². The van der Waals surface area contributed by atoms with Gasteiger partial charge in [0.2, 0.25) is 0 Å². The average molecular weight is 233 g/mol. The Labute approximate surface area is 107 Å². The van der Waals surface area contributed by atoms with Gasteiger partial charge < -0.3 is 5.32 Å². The van der Waals surface area contributed by atoms with Crippen LogP contribution in [0.3, 0.4) is 0 Å². The lowest BCUT2D eigenvalue weighted by Crippen LogP contribution is -2.27. The molecule has 1 aromatic carbocycles. The molecule has 0 aliphatic carbocycles. The number of benzene rings is 1. The smallest absolute Gasteiger partial charge is 0.00412 e. The van der Waals surface area contributed by atoms with Gasteiger partial charge in [-0.3, -0.25) is 0 Å². The zero-order valence-corrected chi connectivity index (χ0v) is 12.0. The first-order valence-corrected chi connectivity index (χ1v) is 6.82. The zero-order chi connectivity index (χ0) is 12.8. The van der Waals surface area contributed by atoms with Gasteiger partial charge in [-0.15, -0.1) is 0 Å². The summed E-state index contributed by atoms with van der Waals surface area (Å²) in [6.07, 6.45) is 2.45. The molecule has 1 aromatic rings. The predicted octanol–water partition coefficient (Wildman–Crippen LogP) is 3.87. The highest BCUT2D eigenvalue weighted by molar-refractivity contribution is 5.30. The molecule has 2 unspecified atom stereocenters. The number of hydrogen-bond donors (Lipinski definition) is 1. The van der Waals surface area contributed by atoms with E-state index in [0.717, 1.165) is 12.5 Å². The van der Waals surface area contributed by atoms with E-state index >= 15 is 0 Å². The quantitative estimate of drug-likeness (QED) is 0.786. The average Bonchev–Trinajstić information content (AvgIpc) is 2.23. The lowest BCUT2D eigenvalue weighted by Gasteiger charge is -2.19. The second-order valence-electron chi connectivity index (χ2n) is 5.43. The van der Waals surface area contributed by atoms with Crippen LogP contribution in [0.25, 0.3) is 0 Å². The highest BCUT2D eigenvalue weighted by atomic mass is 14.9. The third-order valence-electron chi connectivity index (χ3n) is 3.38. The van der Waals surface area contributed by atoms with E-state index in [1.807, 2.05) is 0 Å². The van der Waals surface area contributed by atoms with E-state index < -0.39 is 0 Å². The van der Waals surface area contributed by atoms with Crippen molar-refractivity contribution in [1.82, 2.24) is 5.32 Å². The number of nitrogens with one attached hydrogen (secondary N) is 1. The lowest BCUT2D eigenvalue weighted by atomic mass is 9.92. The van der Waals surface area contributed by atoms with Crippen LogP contribution in [0.15, 0.2) is 18.2 Å². The van der Waals surface area contributed by atoms with E-state index in [4.69, 9.17) is 0 Å². The second-order valence-corrected chi connectivity index (χ2v) is 5.43. The van der Waals surface area contributed by atoms with Crippen molar-refractivity contribution in [3.63, 3.8) is 0 Å². The fraction of sp³-hybridized carbons (Fsp3) is 0.625. The number of aryl methyl sites for hydroxylation is 2. The van der Waals surface area contributed by atoms with Gasteiger partial charge in [-0.2, -0.15) is 0 Å². The highest BCUT2D eigenvalue weighted by Gasteiger charge is 2.10. The molecule has 1 nitrogen and oxygen atoms in total. The fourth-order valence-corrected chi connectivity index (χ4v) is 2.51. The van der Waals surface area contributed by atoms with Crippen molar-refractivity contribution in [2.75, 3.05) is 6.54 Å². The van der Waals surface area contributed by atoms with Gasteiger partial charge in [0.25, 0.3) is 0 Å². The van der Waals surface area contributed by atoms with Gasteiger partial charge in [0.05, 0.1) is 0 Å². The van der Waals surface area contributed by atoms with Crippen LogP contribution in [0.2, 0.25) is 0 Å². The SMILES string of the molecule is CCNC(C)CC(C)Cc1cc(C)ccc1C. The molecule has 0 aliphatic rings. The number of hydrogen-bond acceptors (Lipinski definition) is 1. The summed E-state index contributed by atoms with van der Waals surface area (Å²) in [5.74, 6) is 0.740. The molecule has 1 N–H and O–H groups in total. The van der Waals surface area contributed by atoms with Crippen molar-refractivity contribution in [1.29, 1.82) is 0 Å². The Morgan fingerprint density at radius 2 is 1.88 bits per heavy atom. The molecule has 1 rings (SSSR count). The van der Waals surface area contributed by atoms with Gasteiger partial charge in [0, 0.05) is 6.04 Å². The van der Waals surface area contributed by atoms with Gasteiger partial charge >= 0.3 is 0 Å². The molecule has 0 radical (unpaired) electrons. The standard InChI is InChI=1S/C16H27N/c1-6-17-15(5)9-13(3)11-16-10-12(2)7-8-14(16)4/h7-8,10,13,15,17H,6,9,11H2,1-5H3. The van der Waals surface area contributed by atoms with Crippen molar-refractivity contribution in [3.05, 3.63) is 34.9 Å². The molecule has 96 valence electrons. The van der Waals surface area contributed by atoms with E-state index in [-0.39, 0.29) is 0 Å². The normalized spacial score (nSPS) is 14.6. The monoisotopic (exact) mass is 233 g/mol. The van der Waals surface area contributed by atoms with Crippen LogP contribution in [-0.4, -0.2) is 12.6 Å². The Kier molecular flexibility index (Phi) is 5.70. The van der Waals surface area contributed by atoms with Gasteiger partial charge in [0.15, 0.2) is 0 Å². The van der Waals surface area contributed by atoms with Gasteiger partial charge in [-0.1, -0.05) is 37.6 Å². The van der Waals surface area contributed by atoms with E-state index in [0.29, 0.717) is 6.04 Å². The Morgan fingerprint density at radius 1 is 1.18 bits per heavy atom. The molecular formula is C16H27N. The topological polar surface area (TPSA) is 12.0 Å². The first-order valence-electron chi connectivity index (χ1n) is 6.82. The van der Waals surface area contributed by atoms with E-state index in [1.54, 1.807) is 0 Å². The molecule has 0 amide bonds. The fourth-order valence-electron chi connectivity index (χ4n) is 2.51. The largest absolute Gasteiger partial charge is 0.315 e. The summed E-state index contributed by atoms with van der Waals surface area (Å²) >= 11 is 0. The van der Waals surface area contributed by atoms with Crippen molar-refractivity contribution in [2.24, 2.45) is 5.92 Å². The molecule has 0 aromatic heterocycles. The lowest BCUT2D eigenvalue weighted by molar-refractivity contribution is 0.426. The van der Waals surface area contributed by atoms with Gasteiger partial charge in [-0.25, -0.2) is 0 Å². The molecule has 0 spiro atoms. The van der Waals surface area contributed by atoms with Crippen LogP contribution < -0.4 is 5.32 Å². The van der Waals surface area contributed by atoms with Crippen LogP contribution in [0.5, 0.6) is 0 Å². The van der Waals surface area contributed by atoms with Crippen molar-refractivity contribution >= 4 is 0 Å². The summed E-state index contributed by atoms with van der Waals surface area (Å²) in [6, 6.07) is 7.40. The molecule has 2 atom stereocenters. The maximum Gasteiger partial charge on any atom is 0.00412 e. The van der Waals surface area contributed by atoms with Crippen LogP contribution in [0.4, 0.5) is 0 Å². The molecule has 0 bridgehead atoms. The van der Waals surface area contributed by atoms with Gasteiger partial charge in [0.1, 0.15) is 0 Å². The predicted molar refractivity (Wildman–Crippen MR) is 76.5 cm³/mol. The highest BCUT2D eigenvalue weighted by Crippen LogP contribution is 2.18. The first kappa shape index (κ1) is 14.2.